The molecule has 8 heteroatoms. The minimum atomic E-state index is -0.634. The number of benzene rings is 1. The van der Waals surface area contributed by atoms with Crippen molar-refractivity contribution in [3.05, 3.63) is 65.1 Å². The van der Waals surface area contributed by atoms with Crippen LogP contribution in [0.4, 0.5) is 5.69 Å². The van der Waals surface area contributed by atoms with Crippen LogP contribution in [-0.2, 0) is 9.47 Å². The molecule has 1 aromatic carbocycles. The van der Waals surface area contributed by atoms with Gasteiger partial charge in [-0.1, -0.05) is 0 Å². The summed E-state index contributed by atoms with van der Waals surface area (Å²) in [6.07, 6.45) is 3.58. The molecule has 0 radical (unpaired) electrons. The zero-order valence-electron chi connectivity index (χ0n) is 15.0. The average molecular weight is 367 g/mol. The molecule has 1 amide bonds. The Morgan fingerprint density at radius 2 is 1.59 bits per heavy atom. The Hall–Kier alpha value is -3.68. The van der Waals surface area contributed by atoms with E-state index in [4.69, 9.17) is 0 Å². The Morgan fingerprint density at radius 3 is 2.19 bits per heavy atom. The summed E-state index contributed by atoms with van der Waals surface area (Å²) in [4.78, 5) is 40.6. The third-order valence-electron chi connectivity index (χ3n) is 3.88. The van der Waals surface area contributed by atoms with Gasteiger partial charge < -0.3 is 19.2 Å². The Balaban J connectivity index is 1.93. The van der Waals surface area contributed by atoms with Crippen molar-refractivity contribution in [2.75, 3.05) is 19.5 Å². The number of rotatable bonds is 4. The molecule has 1 N–H and O–H groups in total. The molecule has 8 nitrogen and oxygen atoms in total. The number of aryl methyl sites for hydroxylation is 1. The topological polar surface area (TPSA) is 99.0 Å². The van der Waals surface area contributed by atoms with E-state index in [2.05, 4.69) is 19.8 Å². The highest BCUT2D eigenvalue weighted by Crippen LogP contribution is 2.18. The molecule has 0 spiro atoms. The van der Waals surface area contributed by atoms with E-state index in [0.29, 0.717) is 11.2 Å². The van der Waals surface area contributed by atoms with E-state index >= 15 is 0 Å². The maximum atomic E-state index is 12.6. The number of imidazole rings is 1. The number of hydrogen-bond acceptors (Lipinski definition) is 6. The summed E-state index contributed by atoms with van der Waals surface area (Å²) >= 11 is 0. The fraction of sp³-hybridized carbons (Fsp3) is 0.158. The highest BCUT2D eigenvalue weighted by molar-refractivity contribution is 6.06. The zero-order valence-corrected chi connectivity index (χ0v) is 15.0. The smallest absolute Gasteiger partial charge is 0.337 e. The first-order valence-corrected chi connectivity index (χ1v) is 7.99. The number of esters is 2. The minimum Gasteiger partial charge on any atom is -0.465 e. The summed E-state index contributed by atoms with van der Waals surface area (Å²) in [5, 5.41) is 2.68. The minimum absolute atomic E-state index is 0.120. The molecular formula is C19H17N3O5. The lowest BCUT2D eigenvalue weighted by molar-refractivity contribution is 0.0599. The second kappa shape index (κ2) is 7.28. The highest BCUT2D eigenvalue weighted by atomic mass is 16.5. The number of anilines is 1. The first-order chi connectivity index (χ1) is 12.9. The van der Waals surface area contributed by atoms with Crippen molar-refractivity contribution in [2.24, 2.45) is 0 Å². The third-order valence-corrected chi connectivity index (χ3v) is 3.88. The van der Waals surface area contributed by atoms with E-state index in [1.54, 1.807) is 22.7 Å². The van der Waals surface area contributed by atoms with Crippen LogP contribution >= 0.6 is 0 Å². The fourth-order valence-electron chi connectivity index (χ4n) is 2.62. The number of nitrogens with zero attached hydrogens (tertiary/aromatic N) is 2. The predicted molar refractivity (Wildman–Crippen MR) is 97.0 cm³/mol. The Kier molecular flexibility index (Phi) is 4.89. The van der Waals surface area contributed by atoms with Gasteiger partial charge in [0.05, 0.1) is 31.0 Å². The van der Waals surface area contributed by atoms with Crippen molar-refractivity contribution in [1.29, 1.82) is 0 Å². The summed E-state index contributed by atoms with van der Waals surface area (Å²) < 4.78 is 11.2. The van der Waals surface area contributed by atoms with E-state index in [-0.39, 0.29) is 16.8 Å². The van der Waals surface area contributed by atoms with Gasteiger partial charge in [-0.3, -0.25) is 4.79 Å². The van der Waals surface area contributed by atoms with E-state index < -0.39 is 17.8 Å². The summed E-state index contributed by atoms with van der Waals surface area (Å²) in [6.45, 7) is 1.86. The van der Waals surface area contributed by atoms with E-state index in [1.165, 1.54) is 32.4 Å². The Morgan fingerprint density at radius 1 is 0.963 bits per heavy atom. The first-order valence-electron chi connectivity index (χ1n) is 7.99. The second-order valence-electron chi connectivity index (χ2n) is 5.80. The maximum absolute atomic E-state index is 12.6. The van der Waals surface area contributed by atoms with Gasteiger partial charge in [0.25, 0.3) is 5.91 Å². The van der Waals surface area contributed by atoms with Crippen LogP contribution in [0.3, 0.4) is 0 Å². The van der Waals surface area contributed by atoms with Gasteiger partial charge in [0.15, 0.2) is 0 Å². The number of methoxy groups -OCH3 is 2. The SMILES string of the molecule is COC(=O)c1cc(NC(=O)c2ccn3cc(C)nc3c2)cc(C(=O)OC)c1. The lowest BCUT2D eigenvalue weighted by atomic mass is 10.1. The largest absolute Gasteiger partial charge is 0.465 e. The highest BCUT2D eigenvalue weighted by Gasteiger charge is 2.16. The number of amides is 1. The number of nitrogens with one attached hydrogen (secondary N) is 1. The Bertz CT molecular complexity index is 1020. The van der Waals surface area contributed by atoms with Gasteiger partial charge in [-0.25, -0.2) is 14.6 Å². The van der Waals surface area contributed by atoms with Crippen LogP contribution in [-0.4, -0.2) is 41.5 Å². The molecule has 0 saturated heterocycles. The van der Waals surface area contributed by atoms with Gasteiger partial charge >= 0.3 is 11.9 Å². The molecule has 0 aliphatic carbocycles. The van der Waals surface area contributed by atoms with Crippen molar-refractivity contribution in [2.45, 2.75) is 6.92 Å². The standard InChI is InChI=1S/C19H17N3O5/c1-11-10-22-5-4-12(9-16(22)20-11)17(23)21-15-7-13(18(24)26-2)6-14(8-15)19(25)27-3/h4-10H,1-3H3,(H,21,23). The molecule has 2 heterocycles. The number of carbonyl (C=O) groups is 3. The molecule has 0 fully saturated rings. The Labute approximate surface area is 154 Å². The molecule has 0 aliphatic rings. The van der Waals surface area contributed by atoms with Crippen molar-refractivity contribution in [3.63, 3.8) is 0 Å². The summed E-state index contributed by atoms with van der Waals surface area (Å²) in [5.74, 6) is -1.67. The normalized spacial score (nSPS) is 10.5. The molecule has 0 unspecified atom stereocenters. The van der Waals surface area contributed by atoms with E-state index in [9.17, 15) is 14.4 Å². The van der Waals surface area contributed by atoms with Crippen molar-refractivity contribution in [1.82, 2.24) is 9.38 Å². The maximum Gasteiger partial charge on any atom is 0.337 e. The van der Waals surface area contributed by atoms with Gasteiger partial charge in [-0.15, -0.1) is 0 Å². The lowest BCUT2D eigenvalue weighted by Gasteiger charge is -2.10. The van der Waals surface area contributed by atoms with Gasteiger partial charge in [0, 0.05) is 23.6 Å². The molecule has 138 valence electrons. The number of carbonyl (C=O) groups excluding carboxylic acids is 3. The zero-order chi connectivity index (χ0) is 19.6. The number of aromatic nitrogens is 2. The van der Waals surface area contributed by atoms with Crippen LogP contribution in [0.25, 0.3) is 5.65 Å². The van der Waals surface area contributed by atoms with Crippen LogP contribution < -0.4 is 5.32 Å². The molecular weight excluding hydrogens is 350 g/mol. The van der Waals surface area contributed by atoms with Crippen LogP contribution in [0.5, 0.6) is 0 Å². The molecule has 0 atom stereocenters. The number of fused-ring (bicyclic) bond motifs is 1. The number of hydrogen-bond donors (Lipinski definition) is 1. The number of pyridine rings is 1. The van der Waals surface area contributed by atoms with Crippen LogP contribution in [0, 0.1) is 6.92 Å². The predicted octanol–water partition coefficient (Wildman–Crippen LogP) is 2.47. The number of ether oxygens (including phenoxy) is 2. The van der Waals surface area contributed by atoms with Gasteiger partial charge in [-0.05, 0) is 37.3 Å². The lowest BCUT2D eigenvalue weighted by Crippen LogP contribution is -2.14. The molecule has 0 aliphatic heterocycles. The van der Waals surface area contributed by atoms with Gasteiger partial charge in [0.2, 0.25) is 0 Å². The van der Waals surface area contributed by atoms with Crippen molar-refractivity contribution < 1.29 is 23.9 Å². The van der Waals surface area contributed by atoms with Crippen LogP contribution in [0.2, 0.25) is 0 Å². The van der Waals surface area contributed by atoms with E-state index in [0.717, 1.165) is 5.69 Å². The fourth-order valence-corrected chi connectivity index (χ4v) is 2.62. The molecule has 0 saturated carbocycles. The van der Waals surface area contributed by atoms with Gasteiger partial charge in [-0.2, -0.15) is 0 Å². The van der Waals surface area contributed by atoms with Crippen molar-refractivity contribution in [3.8, 4) is 0 Å². The molecule has 3 aromatic rings. The van der Waals surface area contributed by atoms with Crippen molar-refractivity contribution >= 4 is 29.2 Å². The van der Waals surface area contributed by atoms with E-state index in [1.807, 2.05) is 13.1 Å². The molecule has 2 aromatic heterocycles. The molecule has 0 bridgehead atoms. The summed E-state index contributed by atoms with van der Waals surface area (Å²) in [5.41, 5.74) is 2.36. The first kappa shape index (κ1) is 18.1. The summed E-state index contributed by atoms with van der Waals surface area (Å²) in [6, 6.07) is 7.48. The quantitative estimate of drug-likeness (QED) is 0.711. The molecule has 27 heavy (non-hydrogen) atoms. The molecule has 3 rings (SSSR count). The monoisotopic (exact) mass is 367 g/mol. The van der Waals surface area contributed by atoms with Gasteiger partial charge in [0.1, 0.15) is 5.65 Å². The summed E-state index contributed by atoms with van der Waals surface area (Å²) in [7, 11) is 2.46. The average Bonchev–Trinajstić information content (AvgIpc) is 3.05. The third kappa shape index (κ3) is 3.79. The van der Waals surface area contributed by atoms with Crippen LogP contribution in [0.15, 0.2) is 42.7 Å². The second-order valence-corrected chi connectivity index (χ2v) is 5.80. The van der Waals surface area contributed by atoms with Crippen LogP contribution in [0.1, 0.15) is 36.8 Å².